The Morgan fingerprint density at radius 3 is 2.46 bits per heavy atom. The first kappa shape index (κ1) is 19.8. The molecule has 2 aromatic carbocycles. The van der Waals surface area contributed by atoms with Gasteiger partial charge in [-0.25, -0.2) is 0 Å². The summed E-state index contributed by atoms with van der Waals surface area (Å²) >= 11 is 0. The van der Waals surface area contributed by atoms with Crippen molar-refractivity contribution >= 4 is 5.91 Å². The van der Waals surface area contributed by atoms with E-state index >= 15 is 0 Å². The summed E-state index contributed by atoms with van der Waals surface area (Å²) in [5.41, 5.74) is 3.37. The van der Waals surface area contributed by atoms with Gasteiger partial charge >= 0.3 is 0 Å². The number of carbonyl (C=O) groups is 1. The molecule has 2 aromatic rings. The number of ether oxygens (including phenoxy) is 2. The molecule has 4 nitrogen and oxygen atoms in total. The van der Waals surface area contributed by atoms with Gasteiger partial charge in [0.05, 0.1) is 6.54 Å². The van der Waals surface area contributed by atoms with Gasteiger partial charge in [-0.2, -0.15) is 0 Å². The van der Waals surface area contributed by atoms with E-state index in [4.69, 9.17) is 9.47 Å². The Hall–Kier alpha value is -2.49. The van der Waals surface area contributed by atoms with Crippen LogP contribution in [0.5, 0.6) is 11.5 Å². The largest absolute Gasteiger partial charge is 0.491 e. The van der Waals surface area contributed by atoms with Gasteiger partial charge in [0, 0.05) is 0 Å². The number of hydrogen-bond donors (Lipinski definition) is 1. The van der Waals surface area contributed by atoms with Crippen LogP contribution in [0.25, 0.3) is 0 Å². The third-order valence-corrected chi connectivity index (χ3v) is 4.20. The predicted octanol–water partition coefficient (Wildman–Crippen LogP) is 4.39. The van der Waals surface area contributed by atoms with Crippen molar-refractivity contribution < 1.29 is 14.3 Å². The van der Waals surface area contributed by atoms with E-state index < -0.39 is 6.10 Å². The minimum Gasteiger partial charge on any atom is -0.491 e. The molecular formula is C22H29NO3. The Kier molecular flexibility index (Phi) is 7.07. The molecule has 4 heteroatoms. The number of benzene rings is 2. The highest BCUT2D eigenvalue weighted by atomic mass is 16.5. The topological polar surface area (TPSA) is 47.6 Å². The Labute approximate surface area is 156 Å². The number of carbonyl (C=O) groups excluding carboxylic acids is 1. The molecule has 1 atom stereocenters. The molecule has 2 rings (SSSR count). The molecule has 0 aliphatic carbocycles. The van der Waals surface area contributed by atoms with Gasteiger partial charge in [-0.3, -0.25) is 4.79 Å². The average molecular weight is 355 g/mol. The molecule has 0 fully saturated rings. The molecule has 26 heavy (non-hydrogen) atoms. The third kappa shape index (κ3) is 5.51. The minimum absolute atomic E-state index is 0.147. The minimum atomic E-state index is -0.556. The van der Waals surface area contributed by atoms with Crippen LogP contribution in [0.2, 0.25) is 0 Å². The highest BCUT2D eigenvalue weighted by molar-refractivity contribution is 5.80. The van der Waals surface area contributed by atoms with Gasteiger partial charge in [0.25, 0.3) is 5.91 Å². The van der Waals surface area contributed by atoms with Gasteiger partial charge in [-0.1, -0.05) is 49.7 Å². The van der Waals surface area contributed by atoms with Gasteiger partial charge in [-0.05, 0) is 49.9 Å². The zero-order chi connectivity index (χ0) is 19.1. The van der Waals surface area contributed by atoms with Gasteiger partial charge in [-0.15, -0.1) is 0 Å². The molecule has 0 heterocycles. The molecule has 0 aliphatic rings. The standard InChI is InChI=1S/C22H29NO3/c1-15(2)19-8-6-7-9-21(19)25-13-12-23-22(24)18(5)26-20-11-10-16(3)14-17(20)4/h6-11,14-15,18H,12-13H2,1-5H3,(H,23,24). The fraction of sp³-hybridized carbons (Fsp3) is 0.409. The Morgan fingerprint density at radius 1 is 1.04 bits per heavy atom. The molecule has 140 valence electrons. The molecule has 0 saturated heterocycles. The maximum atomic E-state index is 12.2. The van der Waals surface area contributed by atoms with E-state index in [-0.39, 0.29) is 5.91 Å². The summed E-state index contributed by atoms with van der Waals surface area (Å²) in [5, 5.41) is 2.86. The van der Waals surface area contributed by atoms with Crippen molar-refractivity contribution in [3.8, 4) is 11.5 Å². The van der Waals surface area contributed by atoms with Crippen LogP contribution in [0, 0.1) is 13.8 Å². The first-order chi connectivity index (χ1) is 12.4. The highest BCUT2D eigenvalue weighted by Crippen LogP contribution is 2.25. The van der Waals surface area contributed by atoms with Crippen molar-refractivity contribution in [2.24, 2.45) is 0 Å². The second-order valence-electron chi connectivity index (χ2n) is 6.86. The van der Waals surface area contributed by atoms with Gasteiger partial charge < -0.3 is 14.8 Å². The summed E-state index contributed by atoms with van der Waals surface area (Å²) in [4.78, 5) is 12.2. The van der Waals surface area contributed by atoms with Crippen LogP contribution in [-0.2, 0) is 4.79 Å². The second-order valence-corrected chi connectivity index (χ2v) is 6.86. The number of amides is 1. The van der Waals surface area contributed by atoms with Crippen molar-refractivity contribution in [1.82, 2.24) is 5.32 Å². The van der Waals surface area contributed by atoms with E-state index in [1.54, 1.807) is 6.92 Å². The van der Waals surface area contributed by atoms with Gasteiger partial charge in [0.2, 0.25) is 0 Å². The Balaban J connectivity index is 1.80. The molecule has 1 unspecified atom stereocenters. The molecular weight excluding hydrogens is 326 g/mol. The first-order valence-corrected chi connectivity index (χ1v) is 9.12. The van der Waals surface area contributed by atoms with Gasteiger partial charge in [0.15, 0.2) is 6.10 Å². The first-order valence-electron chi connectivity index (χ1n) is 9.12. The van der Waals surface area contributed by atoms with Crippen LogP contribution >= 0.6 is 0 Å². The molecule has 1 amide bonds. The van der Waals surface area contributed by atoms with E-state index in [0.717, 1.165) is 17.1 Å². The van der Waals surface area contributed by atoms with Crippen molar-refractivity contribution in [3.05, 3.63) is 59.2 Å². The molecule has 0 bridgehead atoms. The summed E-state index contributed by atoms with van der Waals surface area (Å²) in [6.07, 6.45) is -0.556. The monoisotopic (exact) mass is 355 g/mol. The van der Waals surface area contributed by atoms with Crippen LogP contribution < -0.4 is 14.8 Å². The maximum Gasteiger partial charge on any atom is 0.260 e. The van der Waals surface area contributed by atoms with Crippen LogP contribution in [0.3, 0.4) is 0 Å². The summed E-state index contributed by atoms with van der Waals surface area (Å²) in [7, 11) is 0. The van der Waals surface area contributed by atoms with E-state index in [1.807, 2.05) is 50.2 Å². The summed E-state index contributed by atoms with van der Waals surface area (Å²) in [5.74, 6) is 1.86. The lowest BCUT2D eigenvalue weighted by atomic mass is 10.0. The third-order valence-electron chi connectivity index (χ3n) is 4.20. The lowest BCUT2D eigenvalue weighted by Crippen LogP contribution is -2.38. The number of rotatable bonds is 8. The summed E-state index contributed by atoms with van der Waals surface area (Å²) in [6, 6.07) is 13.9. The molecule has 0 spiro atoms. The van der Waals surface area contributed by atoms with Crippen LogP contribution in [-0.4, -0.2) is 25.2 Å². The predicted molar refractivity (Wildman–Crippen MR) is 105 cm³/mol. The lowest BCUT2D eigenvalue weighted by Gasteiger charge is -2.17. The molecule has 0 aliphatic heterocycles. The Bertz CT molecular complexity index is 740. The van der Waals surface area contributed by atoms with E-state index in [0.29, 0.717) is 19.1 Å². The van der Waals surface area contributed by atoms with Crippen LogP contribution in [0.1, 0.15) is 43.4 Å². The van der Waals surface area contributed by atoms with E-state index in [2.05, 4.69) is 25.2 Å². The number of hydrogen-bond acceptors (Lipinski definition) is 3. The van der Waals surface area contributed by atoms with E-state index in [9.17, 15) is 4.79 Å². The van der Waals surface area contributed by atoms with Crippen molar-refractivity contribution in [3.63, 3.8) is 0 Å². The van der Waals surface area contributed by atoms with Crippen molar-refractivity contribution in [1.29, 1.82) is 0 Å². The Morgan fingerprint density at radius 2 is 1.77 bits per heavy atom. The molecule has 0 saturated carbocycles. The molecule has 0 aromatic heterocycles. The zero-order valence-electron chi connectivity index (χ0n) is 16.3. The number of aryl methyl sites for hydroxylation is 2. The van der Waals surface area contributed by atoms with Crippen LogP contribution in [0.15, 0.2) is 42.5 Å². The summed E-state index contributed by atoms with van der Waals surface area (Å²) < 4.78 is 11.6. The fourth-order valence-corrected chi connectivity index (χ4v) is 2.74. The van der Waals surface area contributed by atoms with E-state index in [1.165, 1.54) is 11.1 Å². The van der Waals surface area contributed by atoms with Crippen molar-refractivity contribution in [2.75, 3.05) is 13.2 Å². The average Bonchev–Trinajstić information content (AvgIpc) is 2.61. The number of nitrogens with one attached hydrogen (secondary N) is 1. The zero-order valence-corrected chi connectivity index (χ0v) is 16.3. The highest BCUT2D eigenvalue weighted by Gasteiger charge is 2.15. The smallest absolute Gasteiger partial charge is 0.260 e. The van der Waals surface area contributed by atoms with Crippen LogP contribution in [0.4, 0.5) is 0 Å². The normalized spacial score (nSPS) is 11.9. The SMILES string of the molecule is Cc1ccc(OC(C)C(=O)NCCOc2ccccc2C(C)C)c(C)c1. The fourth-order valence-electron chi connectivity index (χ4n) is 2.74. The lowest BCUT2D eigenvalue weighted by molar-refractivity contribution is -0.127. The second kappa shape index (κ2) is 9.27. The number of para-hydroxylation sites is 1. The quantitative estimate of drug-likeness (QED) is 0.715. The van der Waals surface area contributed by atoms with Crippen molar-refractivity contribution in [2.45, 2.75) is 46.6 Å². The molecule has 1 N–H and O–H groups in total. The maximum absolute atomic E-state index is 12.2. The molecule has 0 radical (unpaired) electrons. The summed E-state index contributed by atoms with van der Waals surface area (Å²) in [6.45, 7) is 10.9. The van der Waals surface area contributed by atoms with Gasteiger partial charge in [0.1, 0.15) is 18.1 Å².